The maximum Gasteiger partial charge on any atom is 0.259 e. The number of imide groups is 1. The predicted molar refractivity (Wildman–Crippen MR) is 109 cm³/mol. The van der Waals surface area contributed by atoms with E-state index in [1.54, 1.807) is 42.5 Å². The number of amides is 2. The highest BCUT2D eigenvalue weighted by Gasteiger charge is 2.55. The first-order valence-electron chi connectivity index (χ1n) is 9.34. The van der Waals surface area contributed by atoms with Crippen molar-refractivity contribution < 1.29 is 19.1 Å². The molecule has 2 amide bonds. The molecule has 2 aromatic carbocycles. The number of rotatable bonds is 4. The molecule has 1 N–H and O–H groups in total. The number of hydrogen-bond acceptors (Lipinski definition) is 7. The van der Waals surface area contributed by atoms with Crippen LogP contribution in [0.15, 0.2) is 65.8 Å². The van der Waals surface area contributed by atoms with Crippen LogP contribution in [-0.4, -0.2) is 41.4 Å². The number of Topliss-reactive ketones (excluding diaryl/α,β-unsaturated/α-hetero) is 1. The second-order valence-corrected chi connectivity index (χ2v) is 6.98. The fourth-order valence-electron chi connectivity index (χ4n) is 3.85. The standard InChI is InChI=1S/C22H16N4O4/c1-30-16-9-5-4-8-15(16)26-21(28)17-18(24-25-19(17)22(26)29)20(27)14-11-10-12-6-2-3-7-13(12)23-14/h2-11,17,19,25H,1H3/t17-,19+/m1/s1. The molecule has 3 aromatic rings. The van der Waals surface area contributed by atoms with E-state index in [1.165, 1.54) is 7.11 Å². The van der Waals surface area contributed by atoms with Gasteiger partial charge in [-0.25, -0.2) is 9.88 Å². The van der Waals surface area contributed by atoms with Crippen LogP contribution in [-0.2, 0) is 9.59 Å². The van der Waals surface area contributed by atoms with Gasteiger partial charge in [0.2, 0.25) is 11.7 Å². The normalized spacial score (nSPS) is 20.2. The van der Waals surface area contributed by atoms with Gasteiger partial charge in [0, 0.05) is 5.39 Å². The van der Waals surface area contributed by atoms with Gasteiger partial charge < -0.3 is 4.74 Å². The van der Waals surface area contributed by atoms with E-state index in [0.717, 1.165) is 10.3 Å². The van der Waals surface area contributed by atoms with Crippen LogP contribution in [0.1, 0.15) is 10.5 Å². The minimum absolute atomic E-state index is 0.0153. The Kier molecular flexibility index (Phi) is 4.06. The molecule has 2 aliphatic heterocycles. The number of anilines is 1. The van der Waals surface area contributed by atoms with E-state index in [0.29, 0.717) is 17.0 Å². The zero-order valence-electron chi connectivity index (χ0n) is 15.9. The van der Waals surface area contributed by atoms with Crippen molar-refractivity contribution in [2.45, 2.75) is 6.04 Å². The summed E-state index contributed by atoms with van der Waals surface area (Å²) in [7, 11) is 1.46. The number of nitrogens with one attached hydrogen (secondary N) is 1. The Labute approximate surface area is 171 Å². The van der Waals surface area contributed by atoms with Gasteiger partial charge in [0.05, 0.1) is 18.3 Å². The molecule has 1 fully saturated rings. The summed E-state index contributed by atoms with van der Waals surface area (Å²) in [6, 6.07) is 16.6. The summed E-state index contributed by atoms with van der Waals surface area (Å²) in [5.41, 5.74) is 3.82. The SMILES string of the molecule is COc1ccccc1N1C(=O)[C@@H]2C(C(=O)c3ccc4ccccc4n3)=NN[C@@H]2C1=O. The number of para-hydroxylation sites is 3. The van der Waals surface area contributed by atoms with Crippen molar-refractivity contribution in [2.75, 3.05) is 12.0 Å². The topological polar surface area (TPSA) is 101 Å². The lowest BCUT2D eigenvalue weighted by Crippen LogP contribution is -2.36. The molecule has 2 aliphatic rings. The van der Waals surface area contributed by atoms with Crippen molar-refractivity contribution in [3.8, 4) is 5.75 Å². The van der Waals surface area contributed by atoms with Crippen LogP contribution in [0, 0.1) is 5.92 Å². The molecule has 0 spiro atoms. The molecule has 0 radical (unpaired) electrons. The number of hydrazone groups is 1. The van der Waals surface area contributed by atoms with Gasteiger partial charge in [0.15, 0.2) is 0 Å². The Balaban J connectivity index is 1.49. The second-order valence-electron chi connectivity index (χ2n) is 6.98. The molecule has 0 unspecified atom stereocenters. The lowest BCUT2D eigenvalue weighted by molar-refractivity contribution is -0.122. The molecule has 0 saturated carbocycles. The largest absolute Gasteiger partial charge is 0.495 e. The summed E-state index contributed by atoms with van der Waals surface area (Å²) in [6.45, 7) is 0. The van der Waals surface area contributed by atoms with E-state index in [4.69, 9.17) is 4.74 Å². The van der Waals surface area contributed by atoms with Crippen LogP contribution in [0.5, 0.6) is 5.75 Å². The molecule has 148 valence electrons. The van der Waals surface area contributed by atoms with E-state index in [1.807, 2.05) is 18.2 Å². The molecule has 0 aliphatic carbocycles. The summed E-state index contributed by atoms with van der Waals surface area (Å²) in [6.07, 6.45) is 0. The van der Waals surface area contributed by atoms with Crippen LogP contribution >= 0.6 is 0 Å². The molecular formula is C22H16N4O4. The third-order valence-corrected chi connectivity index (χ3v) is 5.31. The molecule has 1 aromatic heterocycles. The van der Waals surface area contributed by atoms with Gasteiger partial charge in [0.25, 0.3) is 5.91 Å². The summed E-state index contributed by atoms with van der Waals surface area (Å²) in [5.74, 6) is -2.10. The van der Waals surface area contributed by atoms with E-state index < -0.39 is 29.6 Å². The van der Waals surface area contributed by atoms with Crippen molar-refractivity contribution in [3.05, 3.63) is 66.4 Å². The quantitative estimate of drug-likeness (QED) is 0.531. The fraction of sp³-hybridized carbons (Fsp3) is 0.136. The van der Waals surface area contributed by atoms with Crippen molar-refractivity contribution >= 4 is 39.9 Å². The number of pyridine rings is 1. The molecule has 2 atom stereocenters. The van der Waals surface area contributed by atoms with Crippen LogP contribution in [0.3, 0.4) is 0 Å². The smallest absolute Gasteiger partial charge is 0.259 e. The maximum atomic E-state index is 13.2. The zero-order valence-corrected chi connectivity index (χ0v) is 15.9. The van der Waals surface area contributed by atoms with Crippen LogP contribution in [0.4, 0.5) is 5.69 Å². The number of aromatic nitrogens is 1. The molecule has 8 heteroatoms. The van der Waals surface area contributed by atoms with Crippen molar-refractivity contribution in [3.63, 3.8) is 0 Å². The first-order valence-corrected chi connectivity index (χ1v) is 9.34. The number of carbonyl (C=O) groups excluding carboxylic acids is 3. The molecule has 3 heterocycles. The van der Waals surface area contributed by atoms with Gasteiger partial charge in [-0.15, -0.1) is 0 Å². The Morgan fingerprint density at radius 2 is 1.77 bits per heavy atom. The number of benzene rings is 2. The Hall–Kier alpha value is -4.07. The summed E-state index contributed by atoms with van der Waals surface area (Å²) in [5, 5.41) is 4.92. The van der Waals surface area contributed by atoms with Crippen molar-refractivity contribution in [1.82, 2.24) is 10.4 Å². The van der Waals surface area contributed by atoms with Crippen molar-refractivity contribution in [1.29, 1.82) is 0 Å². The Morgan fingerprint density at radius 1 is 1.00 bits per heavy atom. The summed E-state index contributed by atoms with van der Waals surface area (Å²) >= 11 is 0. The average molecular weight is 400 g/mol. The second kappa shape index (κ2) is 6.77. The third kappa shape index (κ3) is 2.57. The van der Waals surface area contributed by atoms with Crippen LogP contribution in [0.2, 0.25) is 0 Å². The summed E-state index contributed by atoms with van der Waals surface area (Å²) in [4.78, 5) is 44.7. The number of nitrogens with zero attached hydrogens (tertiary/aromatic N) is 3. The van der Waals surface area contributed by atoms with Gasteiger partial charge in [-0.2, -0.15) is 5.10 Å². The third-order valence-electron chi connectivity index (χ3n) is 5.31. The molecular weight excluding hydrogens is 384 g/mol. The van der Waals surface area contributed by atoms with Gasteiger partial charge in [-0.3, -0.25) is 19.8 Å². The number of fused-ring (bicyclic) bond motifs is 2. The van der Waals surface area contributed by atoms with Crippen LogP contribution < -0.4 is 15.1 Å². The highest BCUT2D eigenvalue weighted by atomic mass is 16.5. The minimum atomic E-state index is -1.01. The Morgan fingerprint density at radius 3 is 2.60 bits per heavy atom. The number of methoxy groups -OCH3 is 1. The molecule has 0 bridgehead atoms. The lowest BCUT2D eigenvalue weighted by Gasteiger charge is -2.18. The number of carbonyl (C=O) groups is 3. The van der Waals surface area contributed by atoms with Crippen molar-refractivity contribution in [2.24, 2.45) is 11.0 Å². The number of ketones is 1. The van der Waals surface area contributed by atoms with E-state index >= 15 is 0 Å². The molecule has 8 nitrogen and oxygen atoms in total. The number of hydrogen-bond donors (Lipinski definition) is 1. The predicted octanol–water partition coefficient (Wildman–Crippen LogP) is 1.94. The fourth-order valence-corrected chi connectivity index (χ4v) is 3.85. The maximum absolute atomic E-state index is 13.2. The van der Waals surface area contributed by atoms with E-state index in [-0.39, 0.29) is 11.4 Å². The zero-order chi connectivity index (χ0) is 20.8. The average Bonchev–Trinajstić information content (AvgIpc) is 3.33. The molecule has 1 saturated heterocycles. The van der Waals surface area contributed by atoms with Gasteiger partial charge in [-0.1, -0.05) is 36.4 Å². The highest BCUT2D eigenvalue weighted by Crippen LogP contribution is 2.36. The summed E-state index contributed by atoms with van der Waals surface area (Å²) < 4.78 is 5.29. The molecule has 30 heavy (non-hydrogen) atoms. The van der Waals surface area contributed by atoms with Gasteiger partial charge in [0.1, 0.15) is 29.1 Å². The Bertz CT molecular complexity index is 1250. The molecule has 5 rings (SSSR count). The first-order chi connectivity index (χ1) is 14.6. The number of ether oxygens (including phenoxy) is 1. The monoisotopic (exact) mass is 400 g/mol. The van der Waals surface area contributed by atoms with E-state index in [2.05, 4.69) is 15.5 Å². The van der Waals surface area contributed by atoms with Crippen LogP contribution in [0.25, 0.3) is 10.9 Å². The first kappa shape index (κ1) is 18.0. The minimum Gasteiger partial charge on any atom is -0.495 e. The van der Waals surface area contributed by atoms with Gasteiger partial charge >= 0.3 is 0 Å². The van der Waals surface area contributed by atoms with Gasteiger partial charge in [-0.05, 0) is 24.3 Å². The highest BCUT2D eigenvalue weighted by molar-refractivity contribution is 6.52. The lowest BCUT2D eigenvalue weighted by atomic mass is 9.94. The van der Waals surface area contributed by atoms with E-state index in [9.17, 15) is 14.4 Å².